The van der Waals surface area contributed by atoms with E-state index in [1.807, 2.05) is 25.5 Å². The minimum Gasteiger partial charge on any atom is -0.557 e. The fraction of sp³-hybridized carbons (Fsp3) is 0.889. The first kappa shape index (κ1) is 27.2. The van der Waals surface area contributed by atoms with Crippen molar-refractivity contribution < 1.29 is 33.0 Å². The third kappa shape index (κ3) is 10.3. The summed E-state index contributed by atoms with van der Waals surface area (Å²) in [6.45, 7) is 11.9. The van der Waals surface area contributed by atoms with Crippen LogP contribution in [0.25, 0.3) is 0 Å². The highest BCUT2D eigenvalue weighted by Crippen LogP contribution is 2.27. The molecule has 2 saturated heterocycles. The predicted molar refractivity (Wildman–Crippen MR) is 129 cm³/mol. The summed E-state index contributed by atoms with van der Waals surface area (Å²) in [5, 5.41) is 19.6. The van der Waals surface area contributed by atoms with E-state index in [0.717, 1.165) is 43.3 Å². The molecule has 32 heavy (non-hydrogen) atoms. The minimum absolute atomic E-state index is 0.0746. The number of nitrogens with zero attached hydrogens (tertiary/aromatic N) is 2. The Morgan fingerprint density at radius 2 is 1.97 bits per heavy atom. The number of hydrogen-bond acceptors (Lipinski definition) is 9. The lowest BCUT2D eigenvalue weighted by atomic mass is 9.74. The molecule has 0 aromatic carbocycles. The van der Waals surface area contributed by atoms with E-state index in [-0.39, 0.29) is 20.1 Å². The van der Waals surface area contributed by atoms with Crippen LogP contribution in [0.2, 0.25) is 13.1 Å². The minimum atomic E-state index is -0.554. The number of nitrogens with one attached hydrogen (secondary N) is 2. The normalized spacial score (nSPS) is 18.1. The van der Waals surface area contributed by atoms with Crippen molar-refractivity contribution >= 4 is 41.0 Å². The van der Waals surface area contributed by atoms with Crippen LogP contribution < -0.4 is 5.23 Å². The Labute approximate surface area is 194 Å². The maximum Gasteiger partial charge on any atom is 0.398 e. The summed E-state index contributed by atoms with van der Waals surface area (Å²) in [7, 11) is 1.99. The van der Waals surface area contributed by atoms with Gasteiger partial charge in [0.1, 0.15) is 12.0 Å². The van der Waals surface area contributed by atoms with Crippen LogP contribution in [0.3, 0.4) is 0 Å². The molecule has 2 aliphatic rings. The lowest BCUT2D eigenvalue weighted by Gasteiger charge is -2.36. The smallest absolute Gasteiger partial charge is 0.398 e. The molecular formula is C18H39B4N4O6+. The Balaban J connectivity index is 1.98. The summed E-state index contributed by atoms with van der Waals surface area (Å²) >= 11 is 0. The van der Waals surface area contributed by atoms with Gasteiger partial charge in [0.25, 0.3) is 0 Å². The van der Waals surface area contributed by atoms with Crippen LogP contribution in [0.15, 0.2) is 0 Å². The zero-order valence-corrected chi connectivity index (χ0v) is 20.3. The summed E-state index contributed by atoms with van der Waals surface area (Å²) < 4.78 is 24.6. The van der Waals surface area contributed by atoms with Gasteiger partial charge < -0.3 is 38.2 Å². The van der Waals surface area contributed by atoms with Gasteiger partial charge in [-0.15, -0.1) is 0 Å². The number of quaternary nitrogens is 1. The number of likely N-dealkylation sites (N-methyl/N-ethyl adjacent to an activating group) is 1. The molecule has 2 rings (SSSR count). The van der Waals surface area contributed by atoms with E-state index in [9.17, 15) is 9.82 Å². The topological polar surface area (TPSA) is 120 Å². The first-order chi connectivity index (χ1) is 15.0. The molecule has 0 bridgehead atoms. The van der Waals surface area contributed by atoms with Crippen molar-refractivity contribution in [2.24, 2.45) is 0 Å². The summed E-state index contributed by atoms with van der Waals surface area (Å²) in [5.74, 6) is -0.229. The lowest BCUT2D eigenvalue weighted by Crippen LogP contribution is -2.53. The molecule has 0 saturated carbocycles. The largest absolute Gasteiger partial charge is 0.557 e. The third-order valence-electron chi connectivity index (χ3n) is 5.65. The van der Waals surface area contributed by atoms with Crippen molar-refractivity contribution in [3.05, 3.63) is 0 Å². The van der Waals surface area contributed by atoms with E-state index >= 15 is 0 Å². The third-order valence-corrected chi connectivity index (χ3v) is 5.65. The second-order valence-electron chi connectivity index (χ2n) is 9.98. The van der Waals surface area contributed by atoms with Crippen molar-refractivity contribution in [3.8, 4) is 0 Å². The van der Waals surface area contributed by atoms with Gasteiger partial charge in [-0.3, -0.25) is 10.2 Å². The first-order valence-electron chi connectivity index (χ1n) is 11.6. The Morgan fingerprint density at radius 1 is 1.34 bits per heavy atom. The van der Waals surface area contributed by atoms with E-state index in [0.29, 0.717) is 33.5 Å². The van der Waals surface area contributed by atoms with Gasteiger partial charge in [-0.2, -0.15) is 0 Å². The van der Waals surface area contributed by atoms with Crippen LogP contribution in [0, 0.1) is 5.41 Å². The molecule has 0 aromatic rings. The van der Waals surface area contributed by atoms with E-state index in [1.165, 1.54) is 0 Å². The number of rotatable bonds is 17. The average molecular weight is 451 g/mol. The van der Waals surface area contributed by atoms with Crippen molar-refractivity contribution in [2.45, 2.75) is 58.4 Å². The zero-order chi connectivity index (χ0) is 23.8. The molecule has 1 unspecified atom stereocenters. The van der Waals surface area contributed by atoms with Gasteiger partial charge in [-0.05, 0) is 40.4 Å². The molecule has 2 atom stereocenters. The number of esters is 1. The molecule has 178 valence electrons. The van der Waals surface area contributed by atoms with E-state index in [2.05, 4.69) is 12.3 Å². The second kappa shape index (κ2) is 12.4. The van der Waals surface area contributed by atoms with E-state index in [4.69, 9.17) is 24.1 Å². The van der Waals surface area contributed by atoms with Crippen molar-refractivity contribution in [1.82, 2.24) is 9.95 Å². The van der Waals surface area contributed by atoms with Gasteiger partial charge in [0.2, 0.25) is 0 Å². The summed E-state index contributed by atoms with van der Waals surface area (Å²) in [6, 6.07) is -0.403. The molecule has 0 spiro atoms. The van der Waals surface area contributed by atoms with Crippen molar-refractivity contribution in [3.63, 3.8) is 0 Å². The quantitative estimate of drug-likeness (QED) is 0.0513. The van der Waals surface area contributed by atoms with Gasteiger partial charge in [0.05, 0.1) is 45.7 Å². The van der Waals surface area contributed by atoms with Crippen LogP contribution in [-0.2, 0) is 23.5 Å². The van der Waals surface area contributed by atoms with Gasteiger partial charge in [-0.1, -0.05) is 0 Å². The molecular weight excluding hydrogens is 411 g/mol. The first-order valence-corrected chi connectivity index (χ1v) is 11.6. The van der Waals surface area contributed by atoms with Crippen LogP contribution in [0.1, 0.15) is 33.6 Å². The molecule has 10 nitrogen and oxygen atoms in total. The zero-order valence-electron chi connectivity index (χ0n) is 20.3. The molecule has 14 heteroatoms. The maximum absolute atomic E-state index is 13.1. The Kier molecular flexibility index (Phi) is 10.6. The molecule has 0 amide bonds. The SMILES string of the molecule is CB(O)NCC[N+](C)(CCBOC=N)CCC[C@@H](C(=O)OC(C)(C)C)N(B1CO1)B1CO1. The van der Waals surface area contributed by atoms with Crippen LogP contribution in [0.4, 0.5) is 0 Å². The monoisotopic (exact) mass is 451 g/mol. The molecule has 2 aliphatic heterocycles. The van der Waals surface area contributed by atoms with Gasteiger partial charge in [0, 0.05) is 12.9 Å². The van der Waals surface area contributed by atoms with Crippen molar-refractivity contribution in [1.29, 1.82) is 5.41 Å². The molecule has 0 aliphatic carbocycles. The highest BCUT2D eigenvalue weighted by molar-refractivity contribution is 6.74. The van der Waals surface area contributed by atoms with Crippen LogP contribution >= 0.6 is 0 Å². The summed E-state index contributed by atoms with van der Waals surface area (Å²) in [6.07, 6.45) is 3.28. The molecule has 0 aromatic heterocycles. The number of carbonyl (C=O) groups is 1. The van der Waals surface area contributed by atoms with Crippen molar-refractivity contribution in [2.75, 3.05) is 46.2 Å². The number of ether oxygens (including phenoxy) is 1. The van der Waals surface area contributed by atoms with Gasteiger partial charge in [0.15, 0.2) is 0 Å². The molecule has 0 radical (unpaired) electrons. The van der Waals surface area contributed by atoms with Crippen LogP contribution in [-0.4, -0.2) is 113 Å². The molecule has 2 heterocycles. The maximum atomic E-state index is 13.1. The number of hydrogen-bond donors (Lipinski definition) is 3. The fourth-order valence-electron chi connectivity index (χ4n) is 3.91. The Morgan fingerprint density at radius 3 is 2.47 bits per heavy atom. The highest BCUT2D eigenvalue weighted by atomic mass is 16.6. The Hall–Kier alpha value is -1.04. The van der Waals surface area contributed by atoms with Gasteiger partial charge >= 0.3 is 34.6 Å². The summed E-state index contributed by atoms with van der Waals surface area (Å²) in [4.78, 5) is 13.1. The molecule has 3 N–H and O–H groups in total. The highest BCUT2D eigenvalue weighted by Gasteiger charge is 2.54. The van der Waals surface area contributed by atoms with E-state index < -0.39 is 18.7 Å². The fourth-order valence-corrected chi connectivity index (χ4v) is 3.91. The van der Waals surface area contributed by atoms with Crippen LogP contribution in [0.5, 0.6) is 0 Å². The Bertz CT molecular complexity index is 595. The standard InChI is InChI=1S/C18H39B4N4O6/c1-18(2,3)32-17(27)16(25(21-13-30-21)22-14-31-22)7-6-10-26(5,11-8-19-29-15-23)12-9-24-20(4)28/h15-16,19,23-24,28H,6-14H2,1-5H3/q+1/t16-,26?/m0/s1. The molecule has 2 fully saturated rings. The number of carbonyl (C=O) groups excluding carboxylic acids is 1. The predicted octanol–water partition coefficient (Wildman–Crippen LogP) is -0.566. The van der Waals surface area contributed by atoms with Gasteiger partial charge in [-0.25, -0.2) is 0 Å². The average Bonchev–Trinajstić information content (AvgIpc) is 3.57. The summed E-state index contributed by atoms with van der Waals surface area (Å²) in [5.41, 5.74) is -0.554. The second-order valence-corrected chi connectivity index (χ2v) is 9.98. The lowest BCUT2D eigenvalue weighted by molar-refractivity contribution is -0.906. The van der Waals surface area contributed by atoms with E-state index in [1.54, 1.807) is 6.82 Å².